The van der Waals surface area contributed by atoms with Crippen molar-refractivity contribution in [3.8, 4) is 0 Å². The Balaban J connectivity index is 2.36. The largest absolute Gasteiger partial charge is 0.399 e. The quantitative estimate of drug-likeness (QED) is 0.809. The van der Waals surface area contributed by atoms with Gasteiger partial charge in [0.2, 0.25) is 0 Å². The topological polar surface area (TPSA) is 72.3 Å². The van der Waals surface area contributed by atoms with Crippen LogP contribution in [-0.2, 0) is 0 Å². The fourth-order valence-electron chi connectivity index (χ4n) is 2.04. The van der Waals surface area contributed by atoms with Crippen LogP contribution < -0.4 is 16.4 Å². The molecule has 1 amide bonds. The van der Waals surface area contributed by atoms with Gasteiger partial charge >= 0.3 is 0 Å². The molecule has 0 aliphatic carbocycles. The second-order valence-electron chi connectivity index (χ2n) is 4.54. The molecule has 0 fully saturated rings. The fourth-order valence-corrected chi connectivity index (χ4v) is 2.04. The van der Waals surface area contributed by atoms with E-state index in [-0.39, 0.29) is 5.91 Å². The summed E-state index contributed by atoms with van der Waals surface area (Å²) in [7, 11) is 1.74. The van der Waals surface area contributed by atoms with E-state index in [1.165, 1.54) is 0 Å². The monoisotopic (exact) mass is 255 g/mol. The van der Waals surface area contributed by atoms with Crippen molar-refractivity contribution in [2.24, 2.45) is 0 Å². The van der Waals surface area contributed by atoms with Crippen molar-refractivity contribution < 1.29 is 4.79 Å². The van der Waals surface area contributed by atoms with Crippen LogP contribution in [0.15, 0.2) is 42.5 Å². The lowest BCUT2D eigenvalue weighted by Gasteiger charge is -2.20. The molecule has 2 rings (SSSR count). The fraction of sp³-hybridized carbons (Fsp3) is 0.133. The zero-order valence-electron chi connectivity index (χ0n) is 11.1. The first-order chi connectivity index (χ1) is 8.99. The second-order valence-corrected chi connectivity index (χ2v) is 4.54. The Bertz CT molecular complexity index is 602. The molecule has 0 aliphatic heterocycles. The van der Waals surface area contributed by atoms with E-state index >= 15 is 0 Å². The van der Waals surface area contributed by atoms with Crippen molar-refractivity contribution in [2.45, 2.75) is 6.92 Å². The van der Waals surface area contributed by atoms with Gasteiger partial charge in [0, 0.05) is 29.7 Å². The molecule has 4 nitrogen and oxygen atoms in total. The summed E-state index contributed by atoms with van der Waals surface area (Å²) in [5.74, 6) is -0.131. The lowest BCUT2D eigenvalue weighted by molar-refractivity contribution is 0.0993. The van der Waals surface area contributed by atoms with E-state index in [1.54, 1.807) is 30.1 Å². The molecule has 4 heteroatoms. The Morgan fingerprint density at radius 1 is 1.05 bits per heavy atom. The van der Waals surface area contributed by atoms with Gasteiger partial charge in [-0.1, -0.05) is 18.2 Å². The maximum atomic E-state index is 12.4. The first kappa shape index (κ1) is 13.0. The smallest absolute Gasteiger partial charge is 0.258 e. The van der Waals surface area contributed by atoms with E-state index in [0.29, 0.717) is 16.9 Å². The molecule has 4 N–H and O–H groups in total. The minimum absolute atomic E-state index is 0.131. The number of benzene rings is 2. The first-order valence-corrected chi connectivity index (χ1v) is 5.99. The van der Waals surface area contributed by atoms with Crippen LogP contribution in [0.25, 0.3) is 0 Å². The van der Waals surface area contributed by atoms with Gasteiger partial charge in [-0.2, -0.15) is 0 Å². The zero-order valence-corrected chi connectivity index (χ0v) is 11.1. The third-order valence-electron chi connectivity index (χ3n) is 3.01. The third kappa shape index (κ3) is 2.68. The molecular formula is C15H17N3O. The van der Waals surface area contributed by atoms with Crippen molar-refractivity contribution in [3.63, 3.8) is 0 Å². The van der Waals surface area contributed by atoms with Gasteiger partial charge in [0.25, 0.3) is 5.91 Å². The van der Waals surface area contributed by atoms with Gasteiger partial charge in [-0.3, -0.25) is 4.79 Å². The number of nitrogen functional groups attached to an aromatic ring is 2. The number of nitrogens with two attached hydrogens (primary N) is 2. The molecule has 0 saturated carbocycles. The Kier molecular flexibility index (Phi) is 3.42. The minimum atomic E-state index is -0.131. The van der Waals surface area contributed by atoms with Crippen LogP contribution in [0, 0.1) is 6.92 Å². The highest BCUT2D eigenvalue weighted by molar-refractivity contribution is 6.07. The average Bonchev–Trinajstić information content (AvgIpc) is 2.36. The number of carbonyl (C=O) groups is 1. The van der Waals surface area contributed by atoms with Crippen molar-refractivity contribution in [1.29, 1.82) is 0 Å². The van der Waals surface area contributed by atoms with Crippen molar-refractivity contribution in [2.75, 3.05) is 23.4 Å². The highest BCUT2D eigenvalue weighted by Gasteiger charge is 2.15. The summed E-state index contributed by atoms with van der Waals surface area (Å²) in [6.45, 7) is 1.97. The lowest BCUT2D eigenvalue weighted by Crippen LogP contribution is -2.27. The van der Waals surface area contributed by atoms with Crippen LogP contribution in [0.4, 0.5) is 17.1 Å². The first-order valence-electron chi connectivity index (χ1n) is 5.99. The molecule has 0 aliphatic rings. The zero-order chi connectivity index (χ0) is 14.0. The third-order valence-corrected chi connectivity index (χ3v) is 3.01. The van der Waals surface area contributed by atoms with Gasteiger partial charge < -0.3 is 16.4 Å². The van der Waals surface area contributed by atoms with Crippen molar-refractivity contribution >= 4 is 23.0 Å². The molecule has 0 saturated heterocycles. The molecular weight excluding hydrogens is 238 g/mol. The number of carbonyl (C=O) groups excluding carboxylic acids is 1. The molecule has 0 radical (unpaired) electrons. The maximum Gasteiger partial charge on any atom is 0.258 e. The van der Waals surface area contributed by atoms with Crippen LogP contribution in [-0.4, -0.2) is 13.0 Å². The SMILES string of the molecule is Cc1ccccc1N(C)C(=O)c1cc(N)cc(N)c1. The average molecular weight is 255 g/mol. The number of anilines is 3. The van der Waals surface area contributed by atoms with Gasteiger partial charge in [-0.15, -0.1) is 0 Å². The molecule has 0 unspecified atom stereocenters. The van der Waals surface area contributed by atoms with E-state index in [2.05, 4.69) is 0 Å². The number of aryl methyl sites for hydroxylation is 1. The molecule has 0 spiro atoms. The molecule has 2 aromatic rings. The molecule has 98 valence electrons. The van der Waals surface area contributed by atoms with Gasteiger partial charge in [0.1, 0.15) is 0 Å². The van der Waals surface area contributed by atoms with E-state index in [4.69, 9.17) is 11.5 Å². The van der Waals surface area contributed by atoms with Crippen LogP contribution in [0.1, 0.15) is 15.9 Å². The van der Waals surface area contributed by atoms with Gasteiger partial charge in [-0.25, -0.2) is 0 Å². The number of rotatable bonds is 2. The summed E-state index contributed by atoms with van der Waals surface area (Å²) in [4.78, 5) is 14.0. The highest BCUT2D eigenvalue weighted by atomic mass is 16.2. The number of nitrogens with zero attached hydrogens (tertiary/aromatic N) is 1. The van der Waals surface area contributed by atoms with Crippen LogP contribution in [0.5, 0.6) is 0 Å². The number of hydrogen-bond donors (Lipinski definition) is 2. The maximum absolute atomic E-state index is 12.4. The van der Waals surface area contributed by atoms with Crippen LogP contribution in [0.3, 0.4) is 0 Å². The Morgan fingerprint density at radius 3 is 2.21 bits per heavy atom. The van der Waals surface area contributed by atoms with E-state index < -0.39 is 0 Å². The second kappa shape index (κ2) is 5.02. The minimum Gasteiger partial charge on any atom is -0.399 e. The van der Waals surface area contributed by atoms with Crippen LogP contribution in [0.2, 0.25) is 0 Å². The van der Waals surface area contributed by atoms with E-state index in [0.717, 1.165) is 11.3 Å². The molecule has 2 aromatic carbocycles. The number of hydrogen-bond acceptors (Lipinski definition) is 3. The summed E-state index contributed by atoms with van der Waals surface area (Å²) < 4.78 is 0. The normalized spacial score (nSPS) is 10.2. The Morgan fingerprint density at radius 2 is 1.63 bits per heavy atom. The standard InChI is InChI=1S/C15H17N3O/c1-10-5-3-4-6-14(10)18(2)15(19)11-7-12(16)9-13(17)8-11/h3-9H,16-17H2,1-2H3. The van der Waals surface area contributed by atoms with Gasteiger partial charge in [0.15, 0.2) is 0 Å². The number of para-hydroxylation sites is 1. The van der Waals surface area contributed by atoms with Crippen molar-refractivity contribution in [3.05, 3.63) is 53.6 Å². The van der Waals surface area contributed by atoms with Crippen LogP contribution >= 0.6 is 0 Å². The summed E-state index contributed by atoms with van der Waals surface area (Å²) in [5, 5.41) is 0. The predicted octanol–water partition coefficient (Wildman–Crippen LogP) is 2.44. The lowest BCUT2D eigenvalue weighted by atomic mass is 10.1. The molecule has 0 heterocycles. The highest BCUT2D eigenvalue weighted by Crippen LogP contribution is 2.21. The summed E-state index contributed by atoms with van der Waals surface area (Å²) in [6, 6.07) is 12.6. The molecule has 0 atom stereocenters. The summed E-state index contributed by atoms with van der Waals surface area (Å²) in [5.41, 5.74) is 14.8. The Labute approximate surface area is 112 Å². The molecule has 19 heavy (non-hydrogen) atoms. The van der Waals surface area contributed by atoms with Gasteiger partial charge in [-0.05, 0) is 36.8 Å². The van der Waals surface area contributed by atoms with Crippen molar-refractivity contribution in [1.82, 2.24) is 0 Å². The summed E-state index contributed by atoms with van der Waals surface area (Å²) >= 11 is 0. The van der Waals surface area contributed by atoms with E-state index in [1.807, 2.05) is 31.2 Å². The van der Waals surface area contributed by atoms with Gasteiger partial charge in [0.05, 0.1) is 0 Å². The molecule has 0 bridgehead atoms. The number of amides is 1. The Hall–Kier alpha value is -2.49. The summed E-state index contributed by atoms with van der Waals surface area (Å²) in [6.07, 6.45) is 0. The molecule has 0 aromatic heterocycles. The van der Waals surface area contributed by atoms with E-state index in [9.17, 15) is 4.79 Å². The predicted molar refractivity (Wildman–Crippen MR) is 79.2 cm³/mol.